The van der Waals surface area contributed by atoms with Gasteiger partial charge in [0.25, 0.3) is 0 Å². The van der Waals surface area contributed by atoms with Gasteiger partial charge in [-0.2, -0.15) is 0 Å². The third-order valence-electron chi connectivity index (χ3n) is 3.54. The van der Waals surface area contributed by atoms with Crippen LogP contribution in [0.1, 0.15) is 47.2 Å². The van der Waals surface area contributed by atoms with Gasteiger partial charge in [-0.1, -0.05) is 24.6 Å². The Morgan fingerprint density at radius 3 is 3.17 bits per heavy atom. The number of nitrogens with one attached hydrogen (secondary N) is 1. The molecule has 2 unspecified atom stereocenters. The molecule has 0 aromatic carbocycles. The molecule has 0 bridgehead atoms. The molecule has 2 heterocycles. The first kappa shape index (κ1) is 12.7. The minimum absolute atomic E-state index is 0.472. The molecule has 0 radical (unpaired) electrons. The second kappa shape index (κ2) is 5.33. The summed E-state index contributed by atoms with van der Waals surface area (Å²) < 4.78 is 0.927. The van der Waals surface area contributed by atoms with Gasteiger partial charge in [-0.3, -0.25) is 0 Å². The van der Waals surface area contributed by atoms with Crippen molar-refractivity contribution in [3.63, 3.8) is 0 Å². The quantitative estimate of drug-likeness (QED) is 0.819. The van der Waals surface area contributed by atoms with E-state index >= 15 is 0 Å². The van der Waals surface area contributed by atoms with Crippen molar-refractivity contribution in [2.75, 3.05) is 0 Å². The molecule has 4 heteroatoms. The van der Waals surface area contributed by atoms with E-state index in [9.17, 15) is 0 Å². The number of thiophene rings is 2. The highest BCUT2D eigenvalue weighted by molar-refractivity contribution is 7.16. The minimum atomic E-state index is 0.472. The maximum Gasteiger partial charge on any atom is 0.0934 e. The summed E-state index contributed by atoms with van der Waals surface area (Å²) in [5.41, 5.74) is 1.43. The van der Waals surface area contributed by atoms with Crippen molar-refractivity contribution >= 4 is 34.3 Å². The Balaban J connectivity index is 1.77. The highest BCUT2D eigenvalue weighted by Gasteiger charge is 2.27. The Morgan fingerprint density at radius 1 is 1.56 bits per heavy atom. The Bertz CT molecular complexity index is 518. The molecular weight excluding hydrogens is 282 g/mol. The van der Waals surface area contributed by atoms with Gasteiger partial charge < -0.3 is 5.32 Å². The molecule has 2 atom stereocenters. The lowest BCUT2D eigenvalue weighted by Gasteiger charge is -2.21. The standard InChI is InChI=1S/C14H16ClNS2/c1-2-10(13-4-3-7-17-13)16-11-5-6-12-9(11)8-14(15)18-12/h3-4,7-8,10-11,16H,2,5-6H2,1H3. The molecule has 3 rings (SSSR count). The van der Waals surface area contributed by atoms with Crippen molar-refractivity contribution < 1.29 is 0 Å². The predicted octanol–water partition coefficient (Wildman–Crippen LogP) is 5.19. The number of rotatable bonds is 4. The molecule has 1 aliphatic carbocycles. The van der Waals surface area contributed by atoms with Gasteiger partial charge in [0.05, 0.1) is 4.34 Å². The molecule has 0 saturated heterocycles. The summed E-state index contributed by atoms with van der Waals surface area (Å²) in [5.74, 6) is 0. The summed E-state index contributed by atoms with van der Waals surface area (Å²) in [5, 5.41) is 5.95. The fraction of sp³-hybridized carbons (Fsp3) is 0.429. The SMILES string of the molecule is CCC(NC1CCc2sc(Cl)cc21)c1cccs1. The van der Waals surface area contributed by atoms with Gasteiger partial charge in [0.15, 0.2) is 0 Å². The van der Waals surface area contributed by atoms with Gasteiger partial charge in [-0.15, -0.1) is 22.7 Å². The van der Waals surface area contributed by atoms with E-state index in [0.29, 0.717) is 12.1 Å². The van der Waals surface area contributed by atoms with Crippen LogP contribution < -0.4 is 5.32 Å². The molecule has 18 heavy (non-hydrogen) atoms. The second-order valence-electron chi connectivity index (χ2n) is 4.66. The fourth-order valence-corrected chi connectivity index (χ4v) is 4.86. The predicted molar refractivity (Wildman–Crippen MR) is 80.9 cm³/mol. The van der Waals surface area contributed by atoms with E-state index in [1.165, 1.54) is 28.2 Å². The first-order valence-corrected chi connectivity index (χ1v) is 8.43. The molecule has 2 aromatic heterocycles. The molecule has 1 N–H and O–H groups in total. The van der Waals surface area contributed by atoms with Crippen LogP contribution in [0.25, 0.3) is 0 Å². The highest BCUT2D eigenvalue weighted by Crippen LogP contribution is 2.40. The van der Waals surface area contributed by atoms with Crippen molar-refractivity contribution in [3.8, 4) is 0 Å². The average Bonchev–Trinajstić information content (AvgIpc) is 3.03. The molecule has 0 aliphatic heterocycles. The van der Waals surface area contributed by atoms with Crippen LogP contribution in [-0.2, 0) is 6.42 Å². The van der Waals surface area contributed by atoms with Crippen LogP contribution in [0.5, 0.6) is 0 Å². The molecule has 0 fully saturated rings. The van der Waals surface area contributed by atoms with Gasteiger partial charge in [-0.05, 0) is 42.3 Å². The number of fused-ring (bicyclic) bond motifs is 1. The van der Waals surface area contributed by atoms with Crippen LogP contribution in [0.15, 0.2) is 23.6 Å². The Labute approximate surface area is 121 Å². The summed E-state index contributed by atoms with van der Waals surface area (Å²) in [7, 11) is 0. The Hall–Kier alpha value is -0.350. The van der Waals surface area contributed by atoms with Crippen molar-refractivity contribution in [2.24, 2.45) is 0 Å². The minimum Gasteiger partial charge on any atom is -0.302 e. The van der Waals surface area contributed by atoms with E-state index in [2.05, 4.69) is 35.8 Å². The van der Waals surface area contributed by atoms with Gasteiger partial charge >= 0.3 is 0 Å². The summed E-state index contributed by atoms with van der Waals surface area (Å²) in [6, 6.07) is 7.46. The largest absolute Gasteiger partial charge is 0.302 e. The van der Waals surface area contributed by atoms with E-state index in [0.717, 1.165) is 10.8 Å². The molecule has 2 aromatic rings. The van der Waals surface area contributed by atoms with Crippen LogP contribution in [0.3, 0.4) is 0 Å². The topological polar surface area (TPSA) is 12.0 Å². The zero-order valence-corrected chi connectivity index (χ0v) is 12.7. The molecule has 96 valence electrons. The molecular formula is C14H16ClNS2. The zero-order chi connectivity index (χ0) is 12.5. The lowest BCUT2D eigenvalue weighted by atomic mass is 10.1. The van der Waals surface area contributed by atoms with E-state index in [1.54, 1.807) is 11.3 Å². The van der Waals surface area contributed by atoms with Gasteiger partial charge in [0, 0.05) is 21.8 Å². The van der Waals surface area contributed by atoms with Crippen LogP contribution in [-0.4, -0.2) is 0 Å². The van der Waals surface area contributed by atoms with Crippen molar-refractivity contribution in [3.05, 3.63) is 43.2 Å². The van der Waals surface area contributed by atoms with Crippen LogP contribution >= 0.6 is 34.3 Å². The van der Waals surface area contributed by atoms with E-state index < -0.39 is 0 Å². The second-order valence-corrected chi connectivity index (χ2v) is 7.41. The first-order valence-electron chi connectivity index (χ1n) is 6.35. The van der Waals surface area contributed by atoms with E-state index in [4.69, 9.17) is 11.6 Å². The molecule has 0 saturated carbocycles. The molecule has 1 nitrogen and oxygen atoms in total. The normalized spacial score (nSPS) is 20.0. The third kappa shape index (κ3) is 2.37. The van der Waals surface area contributed by atoms with E-state index in [1.807, 2.05) is 11.3 Å². The van der Waals surface area contributed by atoms with Crippen molar-refractivity contribution in [1.29, 1.82) is 0 Å². The maximum atomic E-state index is 6.11. The first-order chi connectivity index (χ1) is 8.78. The smallest absolute Gasteiger partial charge is 0.0934 e. The zero-order valence-electron chi connectivity index (χ0n) is 10.3. The summed E-state index contributed by atoms with van der Waals surface area (Å²) >= 11 is 9.69. The fourth-order valence-electron chi connectivity index (χ4n) is 2.64. The third-order valence-corrected chi connectivity index (χ3v) is 5.87. The Kier molecular flexibility index (Phi) is 3.76. The van der Waals surface area contributed by atoms with Gasteiger partial charge in [0.1, 0.15) is 0 Å². The summed E-state index contributed by atoms with van der Waals surface area (Å²) in [6.45, 7) is 2.24. The number of aryl methyl sites for hydroxylation is 1. The Morgan fingerprint density at radius 2 is 2.44 bits per heavy atom. The van der Waals surface area contributed by atoms with Gasteiger partial charge in [-0.25, -0.2) is 0 Å². The number of hydrogen-bond acceptors (Lipinski definition) is 3. The number of halogens is 1. The van der Waals surface area contributed by atoms with Crippen molar-refractivity contribution in [2.45, 2.75) is 38.3 Å². The highest BCUT2D eigenvalue weighted by atomic mass is 35.5. The molecule has 0 spiro atoms. The monoisotopic (exact) mass is 297 g/mol. The van der Waals surface area contributed by atoms with Gasteiger partial charge in [0.2, 0.25) is 0 Å². The lowest BCUT2D eigenvalue weighted by Crippen LogP contribution is -2.23. The van der Waals surface area contributed by atoms with Crippen molar-refractivity contribution in [1.82, 2.24) is 5.32 Å². The summed E-state index contributed by atoms with van der Waals surface area (Å²) in [4.78, 5) is 2.91. The van der Waals surface area contributed by atoms with E-state index in [-0.39, 0.29) is 0 Å². The maximum absolute atomic E-state index is 6.11. The van der Waals surface area contributed by atoms with Crippen LogP contribution in [0.2, 0.25) is 4.34 Å². The summed E-state index contributed by atoms with van der Waals surface area (Å²) in [6.07, 6.45) is 3.51. The van der Waals surface area contributed by atoms with Crippen LogP contribution in [0.4, 0.5) is 0 Å². The number of hydrogen-bond donors (Lipinski definition) is 1. The lowest BCUT2D eigenvalue weighted by molar-refractivity contribution is 0.438. The molecule has 0 amide bonds. The van der Waals surface area contributed by atoms with Crippen LogP contribution in [0, 0.1) is 0 Å². The average molecular weight is 298 g/mol. The molecule has 1 aliphatic rings.